The van der Waals surface area contributed by atoms with Gasteiger partial charge in [-0.05, 0) is 35.2 Å². The van der Waals surface area contributed by atoms with Gasteiger partial charge in [0.2, 0.25) is 5.91 Å². The van der Waals surface area contributed by atoms with Crippen LogP contribution in [0.2, 0.25) is 0 Å². The standard InChI is InChI=1S/C12H17NO3S/c14-11-7-16-5-3-10(11)13-12(15)2-1-9-4-6-17-8-9/h4,6,8,10-11,14H,1-3,5,7H2,(H,13,15)/t10-,11-/m1/s1. The first-order chi connectivity index (χ1) is 8.25. The molecule has 94 valence electrons. The van der Waals surface area contributed by atoms with Gasteiger partial charge in [-0.15, -0.1) is 0 Å². The molecule has 1 fully saturated rings. The van der Waals surface area contributed by atoms with Gasteiger partial charge in [0.1, 0.15) is 0 Å². The molecule has 0 saturated carbocycles. The van der Waals surface area contributed by atoms with Crippen molar-refractivity contribution in [3.8, 4) is 0 Å². The third-order valence-corrected chi connectivity index (χ3v) is 3.63. The Morgan fingerprint density at radius 2 is 2.53 bits per heavy atom. The van der Waals surface area contributed by atoms with Crippen LogP contribution in [0.3, 0.4) is 0 Å². The lowest BCUT2D eigenvalue weighted by atomic mass is 10.1. The van der Waals surface area contributed by atoms with Gasteiger partial charge in [0.25, 0.3) is 0 Å². The predicted molar refractivity (Wildman–Crippen MR) is 66.0 cm³/mol. The fraction of sp³-hybridized carbons (Fsp3) is 0.583. The van der Waals surface area contributed by atoms with Crippen LogP contribution in [0.25, 0.3) is 0 Å². The number of hydrogen-bond donors (Lipinski definition) is 2. The first-order valence-corrected chi connectivity index (χ1v) is 6.76. The molecule has 0 bridgehead atoms. The zero-order valence-electron chi connectivity index (χ0n) is 9.59. The van der Waals surface area contributed by atoms with Gasteiger partial charge in [-0.2, -0.15) is 11.3 Å². The van der Waals surface area contributed by atoms with Crippen molar-refractivity contribution in [3.05, 3.63) is 22.4 Å². The molecule has 2 atom stereocenters. The van der Waals surface area contributed by atoms with Crippen LogP contribution in [0.1, 0.15) is 18.4 Å². The Hall–Kier alpha value is -0.910. The maximum atomic E-state index is 11.7. The van der Waals surface area contributed by atoms with E-state index >= 15 is 0 Å². The third kappa shape index (κ3) is 3.80. The third-order valence-electron chi connectivity index (χ3n) is 2.89. The van der Waals surface area contributed by atoms with Crippen molar-refractivity contribution < 1.29 is 14.6 Å². The first kappa shape index (κ1) is 12.5. The molecule has 1 amide bonds. The van der Waals surface area contributed by atoms with Crippen molar-refractivity contribution in [2.75, 3.05) is 13.2 Å². The largest absolute Gasteiger partial charge is 0.389 e. The minimum Gasteiger partial charge on any atom is -0.389 e. The van der Waals surface area contributed by atoms with Crippen LogP contribution in [-0.2, 0) is 16.0 Å². The highest BCUT2D eigenvalue weighted by Crippen LogP contribution is 2.10. The molecule has 0 aromatic carbocycles. The van der Waals surface area contributed by atoms with Crippen molar-refractivity contribution in [1.82, 2.24) is 5.32 Å². The number of thiophene rings is 1. The molecule has 4 nitrogen and oxygen atoms in total. The number of nitrogens with one attached hydrogen (secondary N) is 1. The monoisotopic (exact) mass is 255 g/mol. The Bertz CT molecular complexity index is 353. The summed E-state index contributed by atoms with van der Waals surface area (Å²) in [6.07, 6.45) is 1.34. The van der Waals surface area contributed by atoms with Crippen LogP contribution >= 0.6 is 11.3 Å². The highest BCUT2D eigenvalue weighted by Gasteiger charge is 2.24. The van der Waals surface area contributed by atoms with Gasteiger partial charge in [-0.1, -0.05) is 0 Å². The number of carbonyl (C=O) groups is 1. The average Bonchev–Trinajstić information content (AvgIpc) is 2.82. The van der Waals surface area contributed by atoms with Crippen molar-refractivity contribution in [2.45, 2.75) is 31.4 Å². The van der Waals surface area contributed by atoms with Crippen LogP contribution in [0.15, 0.2) is 16.8 Å². The minimum absolute atomic E-state index is 0.00199. The summed E-state index contributed by atoms with van der Waals surface area (Å²) in [5, 5.41) is 16.6. The number of aliphatic hydroxyl groups is 1. The summed E-state index contributed by atoms with van der Waals surface area (Å²) in [6, 6.07) is 1.88. The van der Waals surface area contributed by atoms with Crippen molar-refractivity contribution >= 4 is 17.2 Å². The summed E-state index contributed by atoms with van der Waals surface area (Å²) in [5.41, 5.74) is 1.19. The molecule has 1 aromatic rings. The van der Waals surface area contributed by atoms with E-state index in [4.69, 9.17) is 4.74 Å². The summed E-state index contributed by atoms with van der Waals surface area (Å²) in [7, 11) is 0. The molecule has 5 heteroatoms. The number of aryl methyl sites for hydroxylation is 1. The van der Waals surface area contributed by atoms with Crippen LogP contribution in [0.5, 0.6) is 0 Å². The fourth-order valence-electron chi connectivity index (χ4n) is 1.86. The summed E-state index contributed by atoms with van der Waals surface area (Å²) in [5.74, 6) is 0.00199. The molecule has 1 aromatic heterocycles. The quantitative estimate of drug-likeness (QED) is 0.842. The Morgan fingerprint density at radius 1 is 1.65 bits per heavy atom. The summed E-state index contributed by atoms with van der Waals surface area (Å²) in [4.78, 5) is 11.7. The lowest BCUT2D eigenvalue weighted by Gasteiger charge is -2.28. The van der Waals surface area contributed by atoms with Gasteiger partial charge < -0.3 is 15.2 Å². The van der Waals surface area contributed by atoms with Gasteiger partial charge in [0.05, 0.1) is 18.8 Å². The smallest absolute Gasteiger partial charge is 0.220 e. The lowest BCUT2D eigenvalue weighted by molar-refractivity contribution is -0.124. The lowest BCUT2D eigenvalue weighted by Crippen LogP contribution is -2.48. The Kier molecular flexibility index (Phi) is 4.53. The second kappa shape index (κ2) is 6.14. The van der Waals surface area contributed by atoms with Crippen LogP contribution in [0.4, 0.5) is 0 Å². The number of aliphatic hydroxyl groups excluding tert-OH is 1. The van der Waals surface area contributed by atoms with E-state index in [9.17, 15) is 9.90 Å². The Balaban J connectivity index is 1.73. The van der Waals surface area contributed by atoms with Crippen molar-refractivity contribution in [1.29, 1.82) is 0 Å². The van der Waals surface area contributed by atoms with E-state index in [2.05, 4.69) is 10.7 Å². The number of ether oxygens (including phenoxy) is 1. The summed E-state index contributed by atoms with van der Waals surface area (Å²) >= 11 is 1.64. The van der Waals surface area contributed by atoms with E-state index in [-0.39, 0.29) is 11.9 Å². The van der Waals surface area contributed by atoms with Gasteiger partial charge in [-0.25, -0.2) is 0 Å². The van der Waals surface area contributed by atoms with E-state index in [0.29, 0.717) is 26.1 Å². The number of carbonyl (C=O) groups excluding carboxylic acids is 1. The normalized spacial score (nSPS) is 24.5. The fourth-order valence-corrected chi connectivity index (χ4v) is 2.57. The molecular weight excluding hydrogens is 238 g/mol. The zero-order chi connectivity index (χ0) is 12.1. The molecule has 1 aliphatic heterocycles. The molecule has 1 saturated heterocycles. The maximum Gasteiger partial charge on any atom is 0.220 e. The molecule has 2 heterocycles. The number of hydrogen-bond acceptors (Lipinski definition) is 4. The molecule has 17 heavy (non-hydrogen) atoms. The van der Waals surface area contributed by atoms with Crippen LogP contribution < -0.4 is 5.32 Å². The molecule has 0 spiro atoms. The van der Waals surface area contributed by atoms with Crippen LogP contribution in [-0.4, -0.2) is 36.4 Å². The molecule has 2 N–H and O–H groups in total. The van der Waals surface area contributed by atoms with Crippen molar-refractivity contribution in [3.63, 3.8) is 0 Å². The molecular formula is C12H17NO3S. The molecule has 0 radical (unpaired) electrons. The highest BCUT2D eigenvalue weighted by atomic mass is 32.1. The van der Waals surface area contributed by atoms with E-state index in [0.717, 1.165) is 6.42 Å². The Labute approximate surface area is 105 Å². The van der Waals surface area contributed by atoms with Crippen LogP contribution in [0, 0.1) is 0 Å². The SMILES string of the molecule is O=C(CCc1ccsc1)N[C@@H]1CCOC[C@H]1O. The van der Waals surface area contributed by atoms with Gasteiger partial charge in [0, 0.05) is 13.0 Å². The van der Waals surface area contributed by atoms with Gasteiger partial charge in [-0.3, -0.25) is 4.79 Å². The van der Waals surface area contributed by atoms with E-state index in [1.54, 1.807) is 11.3 Å². The second-order valence-electron chi connectivity index (χ2n) is 4.24. The van der Waals surface area contributed by atoms with Gasteiger partial charge in [0.15, 0.2) is 0 Å². The van der Waals surface area contributed by atoms with Gasteiger partial charge >= 0.3 is 0 Å². The zero-order valence-corrected chi connectivity index (χ0v) is 10.4. The molecule has 0 aliphatic carbocycles. The minimum atomic E-state index is -0.575. The predicted octanol–water partition coefficient (Wildman–Crippen LogP) is 0.947. The molecule has 1 aliphatic rings. The average molecular weight is 255 g/mol. The van der Waals surface area contributed by atoms with E-state index in [1.165, 1.54) is 5.56 Å². The summed E-state index contributed by atoms with van der Waals surface area (Å²) in [6.45, 7) is 0.919. The van der Waals surface area contributed by atoms with E-state index in [1.807, 2.05) is 11.4 Å². The molecule has 0 unspecified atom stereocenters. The molecule has 2 rings (SSSR count). The topological polar surface area (TPSA) is 58.6 Å². The first-order valence-electron chi connectivity index (χ1n) is 5.82. The maximum absolute atomic E-state index is 11.7. The number of amides is 1. The van der Waals surface area contributed by atoms with Crippen molar-refractivity contribution in [2.24, 2.45) is 0 Å². The summed E-state index contributed by atoms with van der Waals surface area (Å²) < 4.78 is 5.11. The second-order valence-corrected chi connectivity index (χ2v) is 5.02. The Morgan fingerprint density at radius 3 is 3.24 bits per heavy atom. The number of rotatable bonds is 4. The highest BCUT2D eigenvalue weighted by molar-refractivity contribution is 7.07. The van der Waals surface area contributed by atoms with E-state index < -0.39 is 6.10 Å².